The second-order valence-corrected chi connectivity index (χ2v) is 5.06. The van der Waals surface area contributed by atoms with Crippen LogP contribution in [0.4, 0.5) is 0 Å². The van der Waals surface area contributed by atoms with E-state index in [9.17, 15) is 0 Å². The van der Waals surface area contributed by atoms with Crippen LogP contribution in [0.5, 0.6) is 0 Å². The van der Waals surface area contributed by atoms with Crippen molar-refractivity contribution in [1.29, 1.82) is 0 Å². The minimum Gasteiger partial charge on any atom is -0.314 e. The summed E-state index contributed by atoms with van der Waals surface area (Å²) in [6.07, 6.45) is 1.13. The summed E-state index contributed by atoms with van der Waals surface area (Å²) < 4.78 is 0. The standard InChI is InChI=1S/C14H21ClN2/c1-3-14(11-6-5-7-12(15)8-11)17(4-2)13-9-16-10-13/h5-8,13-14,16H,3-4,9-10H2,1-2H3. The van der Waals surface area contributed by atoms with Gasteiger partial charge >= 0.3 is 0 Å². The Balaban J connectivity index is 2.18. The van der Waals surface area contributed by atoms with Crippen LogP contribution in [0.25, 0.3) is 0 Å². The van der Waals surface area contributed by atoms with E-state index in [0.29, 0.717) is 12.1 Å². The van der Waals surface area contributed by atoms with Crippen molar-refractivity contribution in [2.24, 2.45) is 0 Å². The van der Waals surface area contributed by atoms with Gasteiger partial charge in [0.05, 0.1) is 0 Å². The van der Waals surface area contributed by atoms with Crippen LogP contribution >= 0.6 is 11.6 Å². The lowest BCUT2D eigenvalue weighted by atomic mass is 9.99. The fraction of sp³-hybridized carbons (Fsp3) is 0.571. The number of benzene rings is 1. The molecule has 0 radical (unpaired) electrons. The summed E-state index contributed by atoms with van der Waals surface area (Å²) >= 11 is 6.09. The summed E-state index contributed by atoms with van der Waals surface area (Å²) in [7, 11) is 0. The van der Waals surface area contributed by atoms with Crippen molar-refractivity contribution in [2.45, 2.75) is 32.4 Å². The summed E-state index contributed by atoms with van der Waals surface area (Å²) in [4.78, 5) is 2.59. The van der Waals surface area contributed by atoms with Gasteiger partial charge in [0.15, 0.2) is 0 Å². The molecule has 1 aliphatic rings. The van der Waals surface area contributed by atoms with Crippen LogP contribution in [0.2, 0.25) is 5.02 Å². The minimum absolute atomic E-state index is 0.491. The highest BCUT2D eigenvalue weighted by Crippen LogP contribution is 2.28. The molecule has 94 valence electrons. The van der Waals surface area contributed by atoms with E-state index in [1.54, 1.807) is 0 Å². The molecule has 0 spiro atoms. The zero-order chi connectivity index (χ0) is 12.3. The summed E-state index contributed by atoms with van der Waals surface area (Å²) in [5, 5.41) is 4.19. The molecule has 1 fully saturated rings. The van der Waals surface area contributed by atoms with Gasteiger partial charge in [-0.25, -0.2) is 0 Å². The van der Waals surface area contributed by atoms with Crippen LogP contribution in [0.15, 0.2) is 24.3 Å². The van der Waals surface area contributed by atoms with Crippen LogP contribution in [0, 0.1) is 0 Å². The molecular weight excluding hydrogens is 232 g/mol. The summed E-state index contributed by atoms with van der Waals surface area (Å²) in [6.45, 7) is 7.82. The van der Waals surface area contributed by atoms with E-state index in [0.717, 1.165) is 31.1 Å². The van der Waals surface area contributed by atoms with Gasteiger partial charge in [-0.2, -0.15) is 0 Å². The molecule has 1 aliphatic heterocycles. The Bertz CT molecular complexity index is 363. The van der Waals surface area contributed by atoms with Gasteiger partial charge in [0.2, 0.25) is 0 Å². The number of likely N-dealkylation sites (N-methyl/N-ethyl adjacent to an activating group) is 1. The molecule has 3 heteroatoms. The Morgan fingerprint density at radius 2 is 2.18 bits per heavy atom. The van der Waals surface area contributed by atoms with Crippen molar-refractivity contribution < 1.29 is 0 Å². The van der Waals surface area contributed by atoms with Crippen LogP contribution in [-0.2, 0) is 0 Å². The predicted octanol–water partition coefficient (Wildman–Crippen LogP) is 3.08. The van der Waals surface area contributed by atoms with E-state index in [-0.39, 0.29) is 0 Å². The normalized spacial score (nSPS) is 18.1. The molecule has 0 bridgehead atoms. The van der Waals surface area contributed by atoms with Gasteiger partial charge in [-0.3, -0.25) is 4.90 Å². The van der Waals surface area contributed by atoms with E-state index in [4.69, 9.17) is 11.6 Å². The third-order valence-electron chi connectivity index (χ3n) is 3.61. The van der Waals surface area contributed by atoms with Gasteiger partial charge in [0.1, 0.15) is 0 Å². The Labute approximate surface area is 109 Å². The molecule has 0 saturated carbocycles. The van der Waals surface area contributed by atoms with E-state index in [1.165, 1.54) is 5.56 Å². The first-order chi connectivity index (χ1) is 8.26. The van der Waals surface area contributed by atoms with E-state index in [2.05, 4.69) is 36.2 Å². The minimum atomic E-state index is 0.491. The first kappa shape index (κ1) is 12.9. The first-order valence-electron chi connectivity index (χ1n) is 6.48. The van der Waals surface area contributed by atoms with Crippen LogP contribution < -0.4 is 5.32 Å². The highest BCUT2D eigenvalue weighted by Gasteiger charge is 2.29. The van der Waals surface area contributed by atoms with Crippen molar-refractivity contribution in [3.05, 3.63) is 34.9 Å². The maximum absolute atomic E-state index is 6.09. The summed E-state index contributed by atoms with van der Waals surface area (Å²) in [5.74, 6) is 0. The monoisotopic (exact) mass is 252 g/mol. The van der Waals surface area contributed by atoms with Crippen molar-refractivity contribution in [2.75, 3.05) is 19.6 Å². The second-order valence-electron chi connectivity index (χ2n) is 4.62. The van der Waals surface area contributed by atoms with Crippen molar-refractivity contribution >= 4 is 11.6 Å². The molecule has 0 aliphatic carbocycles. The Hall–Kier alpha value is -0.570. The fourth-order valence-electron chi connectivity index (χ4n) is 2.62. The van der Waals surface area contributed by atoms with Gasteiger partial charge in [0, 0.05) is 30.2 Å². The predicted molar refractivity (Wildman–Crippen MR) is 73.5 cm³/mol. The molecule has 1 atom stereocenters. The average Bonchev–Trinajstić information content (AvgIpc) is 2.26. The topological polar surface area (TPSA) is 15.3 Å². The van der Waals surface area contributed by atoms with Gasteiger partial charge in [-0.15, -0.1) is 0 Å². The Morgan fingerprint density at radius 3 is 2.65 bits per heavy atom. The second kappa shape index (κ2) is 5.85. The molecule has 1 aromatic carbocycles. The number of nitrogens with zero attached hydrogens (tertiary/aromatic N) is 1. The molecule has 1 unspecified atom stereocenters. The van der Waals surface area contributed by atoms with Crippen LogP contribution in [0.3, 0.4) is 0 Å². The molecule has 2 rings (SSSR count). The van der Waals surface area contributed by atoms with Gasteiger partial charge in [-0.05, 0) is 30.7 Å². The number of hydrogen-bond donors (Lipinski definition) is 1. The number of rotatable bonds is 5. The van der Waals surface area contributed by atoms with Crippen LogP contribution in [0.1, 0.15) is 31.9 Å². The molecule has 17 heavy (non-hydrogen) atoms. The van der Waals surface area contributed by atoms with E-state index < -0.39 is 0 Å². The molecule has 1 aromatic rings. The lowest BCUT2D eigenvalue weighted by Gasteiger charge is -2.42. The Kier molecular flexibility index (Phi) is 4.43. The molecule has 0 amide bonds. The Morgan fingerprint density at radius 1 is 1.41 bits per heavy atom. The number of halogens is 1. The van der Waals surface area contributed by atoms with Crippen molar-refractivity contribution in [3.8, 4) is 0 Å². The quantitative estimate of drug-likeness (QED) is 0.867. The van der Waals surface area contributed by atoms with Gasteiger partial charge in [0.25, 0.3) is 0 Å². The zero-order valence-corrected chi connectivity index (χ0v) is 11.4. The van der Waals surface area contributed by atoms with E-state index >= 15 is 0 Å². The number of hydrogen-bond acceptors (Lipinski definition) is 2. The third-order valence-corrected chi connectivity index (χ3v) is 3.85. The van der Waals surface area contributed by atoms with Gasteiger partial charge in [-0.1, -0.05) is 37.6 Å². The van der Waals surface area contributed by atoms with Crippen molar-refractivity contribution in [1.82, 2.24) is 10.2 Å². The molecule has 2 nitrogen and oxygen atoms in total. The average molecular weight is 253 g/mol. The van der Waals surface area contributed by atoms with Gasteiger partial charge < -0.3 is 5.32 Å². The lowest BCUT2D eigenvalue weighted by molar-refractivity contribution is 0.0981. The third kappa shape index (κ3) is 2.82. The number of nitrogens with one attached hydrogen (secondary N) is 1. The van der Waals surface area contributed by atoms with Crippen molar-refractivity contribution in [3.63, 3.8) is 0 Å². The lowest BCUT2D eigenvalue weighted by Crippen LogP contribution is -2.57. The largest absolute Gasteiger partial charge is 0.314 e. The zero-order valence-electron chi connectivity index (χ0n) is 10.6. The smallest absolute Gasteiger partial charge is 0.0409 e. The molecule has 1 N–H and O–H groups in total. The molecule has 1 saturated heterocycles. The molecular formula is C14H21ClN2. The summed E-state index contributed by atoms with van der Waals surface area (Å²) in [6, 6.07) is 9.46. The molecule has 0 aromatic heterocycles. The SMILES string of the molecule is CCC(c1cccc(Cl)c1)N(CC)C1CNC1. The van der Waals surface area contributed by atoms with E-state index in [1.807, 2.05) is 12.1 Å². The highest BCUT2D eigenvalue weighted by atomic mass is 35.5. The summed E-state index contributed by atoms with van der Waals surface area (Å²) in [5.41, 5.74) is 1.34. The highest BCUT2D eigenvalue weighted by molar-refractivity contribution is 6.30. The fourth-order valence-corrected chi connectivity index (χ4v) is 2.82. The first-order valence-corrected chi connectivity index (χ1v) is 6.86. The maximum Gasteiger partial charge on any atom is 0.0409 e. The molecule has 1 heterocycles. The maximum atomic E-state index is 6.09. The van der Waals surface area contributed by atoms with Crippen LogP contribution in [-0.4, -0.2) is 30.6 Å².